The molecule has 0 bridgehead atoms. The third-order valence-electron chi connectivity index (χ3n) is 3.55. The Balaban J connectivity index is 2.10. The molecule has 2 aliphatic rings. The van der Waals surface area contributed by atoms with Gasteiger partial charge in [0, 0.05) is 28.2 Å². The van der Waals surface area contributed by atoms with E-state index in [0.717, 1.165) is 6.04 Å². The third-order valence-corrected chi connectivity index (χ3v) is 4.04. The first-order valence-corrected chi connectivity index (χ1v) is 6.44. The Morgan fingerprint density at radius 3 is 2.73 bits per heavy atom. The molecule has 0 unspecified atom stereocenters. The van der Waals surface area contributed by atoms with E-state index < -0.39 is 0 Å². The second-order valence-corrected chi connectivity index (χ2v) is 6.32. The van der Waals surface area contributed by atoms with E-state index in [9.17, 15) is 0 Å². The Hall–Kier alpha value is -0.500. The largest absolute Gasteiger partial charge is 0.367 e. The van der Waals surface area contributed by atoms with E-state index >= 15 is 0 Å². The van der Waals surface area contributed by atoms with Crippen molar-refractivity contribution in [1.29, 1.82) is 0 Å². The Labute approximate surface area is 99.6 Å². The summed E-state index contributed by atoms with van der Waals surface area (Å²) in [6, 6.07) is 7.54. The fraction of sp³-hybridized carbons (Fsp3) is 0.538. The number of rotatable bonds is 1. The first-order chi connectivity index (χ1) is 7.08. The minimum atomic E-state index is 0.318. The van der Waals surface area contributed by atoms with Gasteiger partial charge in [0.05, 0.1) is 0 Å². The molecule has 0 atom stereocenters. The highest BCUT2D eigenvalue weighted by Gasteiger charge is 2.41. The molecule has 1 heterocycles. The molecule has 0 saturated heterocycles. The van der Waals surface area contributed by atoms with Crippen molar-refractivity contribution < 1.29 is 0 Å². The second kappa shape index (κ2) is 3.00. The lowest BCUT2D eigenvalue weighted by atomic mass is 9.87. The van der Waals surface area contributed by atoms with E-state index in [1.807, 2.05) is 0 Å². The number of fused-ring (bicyclic) bond motifs is 1. The van der Waals surface area contributed by atoms with Gasteiger partial charge in [-0.3, -0.25) is 0 Å². The molecule has 3 rings (SSSR count). The zero-order valence-corrected chi connectivity index (χ0v) is 10.8. The highest BCUT2D eigenvalue weighted by Crippen LogP contribution is 2.46. The summed E-state index contributed by atoms with van der Waals surface area (Å²) in [6.07, 6.45) is 2.75. The molecule has 1 saturated carbocycles. The van der Waals surface area contributed by atoms with Gasteiger partial charge >= 0.3 is 0 Å². The molecule has 1 aliphatic heterocycles. The van der Waals surface area contributed by atoms with Gasteiger partial charge in [-0.05, 0) is 30.5 Å². The smallest absolute Gasteiger partial charge is 0.0419 e. The average Bonchev–Trinajstić information content (AvgIpc) is 2.94. The maximum Gasteiger partial charge on any atom is 0.0419 e. The Morgan fingerprint density at radius 2 is 2.07 bits per heavy atom. The van der Waals surface area contributed by atoms with Crippen molar-refractivity contribution in [3.8, 4) is 0 Å². The van der Waals surface area contributed by atoms with Crippen LogP contribution in [0, 0.1) is 0 Å². The minimum Gasteiger partial charge on any atom is -0.367 e. The zero-order valence-electron chi connectivity index (χ0n) is 9.26. The van der Waals surface area contributed by atoms with Gasteiger partial charge in [-0.2, -0.15) is 0 Å². The van der Waals surface area contributed by atoms with E-state index in [-0.39, 0.29) is 0 Å². The Kier molecular flexibility index (Phi) is 1.94. The molecule has 1 aromatic rings. The van der Waals surface area contributed by atoms with Crippen LogP contribution in [-0.2, 0) is 5.41 Å². The van der Waals surface area contributed by atoms with E-state index in [1.165, 1.54) is 35.1 Å². The van der Waals surface area contributed by atoms with Crippen LogP contribution in [-0.4, -0.2) is 12.6 Å². The van der Waals surface area contributed by atoms with Crippen LogP contribution in [0.15, 0.2) is 22.7 Å². The third kappa shape index (κ3) is 1.50. The maximum absolute atomic E-state index is 3.57. The summed E-state index contributed by atoms with van der Waals surface area (Å²) in [5.41, 5.74) is 3.29. The van der Waals surface area contributed by atoms with Crippen molar-refractivity contribution in [3.63, 3.8) is 0 Å². The van der Waals surface area contributed by atoms with Crippen LogP contribution in [0.25, 0.3) is 0 Å². The first-order valence-electron chi connectivity index (χ1n) is 5.65. The summed E-state index contributed by atoms with van der Waals surface area (Å²) in [4.78, 5) is 2.60. The minimum absolute atomic E-state index is 0.318. The van der Waals surface area contributed by atoms with Gasteiger partial charge in [-0.25, -0.2) is 0 Å². The maximum atomic E-state index is 3.57. The van der Waals surface area contributed by atoms with Gasteiger partial charge < -0.3 is 4.90 Å². The van der Waals surface area contributed by atoms with Crippen LogP contribution in [0.5, 0.6) is 0 Å². The van der Waals surface area contributed by atoms with E-state index in [4.69, 9.17) is 0 Å². The van der Waals surface area contributed by atoms with Crippen molar-refractivity contribution in [1.82, 2.24) is 0 Å². The monoisotopic (exact) mass is 265 g/mol. The van der Waals surface area contributed by atoms with E-state index in [1.54, 1.807) is 0 Å². The Morgan fingerprint density at radius 1 is 1.33 bits per heavy atom. The summed E-state index contributed by atoms with van der Waals surface area (Å²) >= 11 is 3.57. The van der Waals surface area contributed by atoms with Crippen LogP contribution in [0.2, 0.25) is 0 Å². The molecule has 2 heteroatoms. The average molecular weight is 266 g/mol. The van der Waals surface area contributed by atoms with E-state index in [0.29, 0.717) is 5.41 Å². The molecule has 0 aromatic heterocycles. The standard InChI is InChI=1S/C13H16BrN/c1-13(2)8-15(10-4-5-10)12-7-9(14)3-6-11(12)13/h3,6-7,10H,4-5,8H2,1-2H3. The van der Waals surface area contributed by atoms with Gasteiger partial charge in [0.2, 0.25) is 0 Å². The molecule has 1 fully saturated rings. The summed E-state index contributed by atoms with van der Waals surface area (Å²) in [5, 5.41) is 0. The number of halogens is 1. The van der Waals surface area contributed by atoms with Crippen LogP contribution >= 0.6 is 15.9 Å². The molecular weight excluding hydrogens is 250 g/mol. The van der Waals surface area contributed by atoms with Crippen molar-refractivity contribution in [3.05, 3.63) is 28.2 Å². The molecule has 80 valence electrons. The first kappa shape index (κ1) is 9.71. The molecule has 0 N–H and O–H groups in total. The van der Waals surface area contributed by atoms with Crippen molar-refractivity contribution in [2.75, 3.05) is 11.4 Å². The lowest BCUT2D eigenvalue weighted by Crippen LogP contribution is -2.30. The van der Waals surface area contributed by atoms with Crippen molar-refractivity contribution in [2.24, 2.45) is 0 Å². The SMILES string of the molecule is CC1(C)CN(C2CC2)c2cc(Br)ccc21. The van der Waals surface area contributed by atoms with E-state index in [2.05, 4.69) is 52.9 Å². The number of nitrogens with zero attached hydrogens (tertiary/aromatic N) is 1. The predicted octanol–water partition coefficient (Wildman–Crippen LogP) is 3.71. The van der Waals surface area contributed by atoms with Gasteiger partial charge in [0.25, 0.3) is 0 Å². The fourth-order valence-corrected chi connectivity index (χ4v) is 2.97. The number of benzene rings is 1. The van der Waals surface area contributed by atoms with Gasteiger partial charge in [0.15, 0.2) is 0 Å². The summed E-state index contributed by atoms with van der Waals surface area (Å²) < 4.78 is 1.20. The van der Waals surface area contributed by atoms with Gasteiger partial charge in [-0.15, -0.1) is 0 Å². The molecule has 0 radical (unpaired) electrons. The van der Waals surface area contributed by atoms with Crippen molar-refractivity contribution >= 4 is 21.6 Å². The molecule has 0 spiro atoms. The topological polar surface area (TPSA) is 3.24 Å². The fourth-order valence-electron chi connectivity index (χ4n) is 2.62. The second-order valence-electron chi connectivity index (χ2n) is 5.40. The number of hydrogen-bond donors (Lipinski definition) is 0. The normalized spacial score (nSPS) is 23.0. The molecular formula is C13H16BrN. The van der Waals surface area contributed by atoms with Crippen LogP contribution in [0.3, 0.4) is 0 Å². The summed E-state index contributed by atoms with van der Waals surface area (Å²) in [5.74, 6) is 0. The van der Waals surface area contributed by atoms with Gasteiger partial charge in [0.1, 0.15) is 0 Å². The number of hydrogen-bond acceptors (Lipinski definition) is 1. The van der Waals surface area contributed by atoms with Gasteiger partial charge in [-0.1, -0.05) is 35.8 Å². The predicted molar refractivity (Wildman–Crippen MR) is 67.5 cm³/mol. The summed E-state index contributed by atoms with van der Waals surface area (Å²) in [6.45, 7) is 5.88. The molecule has 1 nitrogen and oxygen atoms in total. The summed E-state index contributed by atoms with van der Waals surface area (Å²) in [7, 11) is 0. The molecule has 1 aliphatic carbocycles. The number of anilines is 1. The highest BCUT2D eigenvalue weighted by atomic mass is 79.9. The van der Waals surface area contributed by atoms with Crippen LogP contribution < -0.4 is 4.90 Å². The highest BCUT2D eigenvalue weighted by molar-refractivity contribution is 9.10. The van der Waals surface area contributed by atoms with Crippen LogP contribution in [0.4, 0.5) is 5.69 Å². The lowest BCUT2D eigenvalue weighted by molar-refractivity contribution is 0.549. The van der Waals surface area contributed by atoms with Crippen LogP contribution in [0.1, 0.15) is 32.3 Å². The zero-order chi connectivity index (χ0) is 10.6. The Bertz CT molecular complexity index is 407. The molecule has 15 heavy (non-hydrogen) atoms. The van der Waals surface area contributed by atoms with Crippen molar-refractivity contribution in [2.45, 2.75) is 38.1 Å². The lowest BCUT2D eigenvalue weighted by Gasteiger charge is -2.21. The molecule has 0 amide bonds. The quantitative estimate of drug-likeness (QED) is 0.749. The molecule has 1 aromatic carbocycles.